The van der Waals surface area contributed by atoms with Gasteiger partial charge in [-0.2, -0.15) is 0 Å². The molecule has 3 nitrogen and oxygen atoms in total. The number of halogens is 2. The fourth-order valence-electron chi connectivity index (χ4n) is 1.34. The van der Waals surface area contributed by atoms with Gasteiger partial charge in [-0.1, -0.05) is 13.0 Å². The highest BCUT2D eigenvalue weighted by Crippen LogP contribution is 2.33. The largest absolute Gasteiger partial charge is 0.493 e. The van der Waals surface area contributed by atoms with Gasteiger partial charge >= 0.3 is 0 Å². The molecule has 1 aromatic carbocycles. The number of aliphatic hydroxyl groups excluding tert-OH is 1. The van der Waals surface area contributed by atoms with Gasteiger partial charge in [0.2, 0.25) is 0 Å². The van der Waals surface area contributed by atoms with E-state index in [1.54, 1.807) is 25.3 Å². The van der Waals surface area contributed by atoms with Crippen molar-refractivity contribution in [3.05, 3.63) is 23.8 Å². The van der Waals surface area contributed by atoms with E-state index in [1.807, 2.05) is 6.92 Å². The molecule has 0 heterocycles. The normalized spacial score (nSPS) is 12.6. The third-order valence-electron chi connectivity index (χ3n) is 2.23. The Morgan fingerprint density at radius 2 is 2.00 bits per heavy atom. The van der Waals surface area contributed by atoms with Crippen LogP contribution in [0.5, 0.6) is 11.5 Å². The van der Waals surface area contributed by atoms with E-state index in [9.17, 15) is 5.11 Å². The highest BCUT2D eigenvalue weighted by Gasteiger charge is 2.17. The SMILES string of the molecule is CCCOc1ccc(C(O)C(Cl)Cl)cc1OC. The van der Waals surface area contributed by atoms with Crippen LogP contribution in [0.15, 0.2) is 18.2 Å². The minimum Gasteiger partial charge on any atom is -0.493 e. The summed E-state index contributed by atoms with van der Waals surface area (Å²) in [5.41, 5.74) is 0.598. The Kier molecular flexibility index (Phi) is 5.89. The Balaban J connectivity index is 2.91. The molecule has 0 amide bonds. The van der Waals surface area contributed by atoms with Crippen molar-refractivity contribution in [3.63, 3.8) is 0 Å². The molecule has 0 bridgehead atoms. The van der Waals surface area contributed by atoms with E-state index in [-0.39, 0.29) is 0 Å². The Labute approximate surface area is 111 Å². The molecule has 17 heavy (non-hydrogen) atoms. The number of methoxy groups -OCH3 is 1. The minimum atomic E-state index is -0.938. The first kappa shape index (κ1) is 14.4. The van der Waals surface area contributed by atoms with Crippen molar-refractivity contribution in [1.29, 1.82) is 0 Å². The van der Waals surface area contributed by atoms with Gasteiger partial charge in [0.1, 0.15) is 10.9 Å². The summed E-state index contributed by atoms with van der Waals surface area (Å²) in [6, 6.07) is 5.13. The maximum absolute atomic E-state index is 9.72. The molecule has 0 spiro atoms. The third-order valence-corrected chi connectivity index (χ3v) is 2.71. The molecular formula is C12H16Cl2O3. The lowest BCUT2D eigenvalue weighted by Gasteiger charge is -2.15. The number of alkyl halides is 2. The monoisotopic (exact) mass is 278 g/mol. The van der Waals surface area contributed by atoms with Gasteiger partial charge in [0.05, 0.1) is 13.7 Å². The average molecular weight is 279 g/mol. The second kappa shape index (κ2) is 6.94. The second-order valence-electron chi connectivity index (χ2n) is 3.54. The molecule has 1 aromatic rings. The molecule has 0 fully saturated rings. The molecule has 0 aliphatic carbocycles. The number of hydrogen-bond donors (Lipinski definition) is 1. The fourth-order valence-corrected chi connectivity index (χ4v) is 1.64. The van der Waals surface area contributed by atoms with E-state index in [0.717, 1.165) is 6.42 Å². The number of rotatable bonds is 6. The molecule has 96 valence electrons. The molecule has 0 saturated heterocycles. The Morgan fingerprint density at radius 1 is 1.29 bits per heavy atom. The fraction of sp³-hybridized carbons (Fsp3) is 0.500. The topological polar surface area (TPSA) is 38.7 Å². The van der Waals surface area contributed by atoms with Crippen molar-refractivity contribution in [1.82, 2.24) is 0 Å². The average Bonchev–Trinajstić information content (AvgIpc) is 2.35. The van der Waals surface area contributed by atoms with Gasteiger partial charge in [-0.15, -0.1) is 23.2 Å². The van der Waals surface area contributed by atoms with Crippen molar-refractivity contribution in [2.75, 3.05) is 13.7 Å². The summed E-state index contributed by atoms with van der Waals surface area (Å²) in [5, 5.41) is 9.72. The summed E-state index contributed by atoms with van der Waals surface area (Å²) in [6.45, 7) is 2.64. The minimum absolute atomic E-state index is 0.559. The number of ether oxygens (including phenoxy) is 2. The highest BCUT2D eigenvalue weighted by molar-refractivity contribution is 6.44. The predicted octanol–water partition coefficient (Wildman–Crippen LogP) is 3.32. The van der Waals surface area contributed by atoms with Crippen LogP contribution in [0.25, 0.3) is 0 Å². The first-order valence-corrected chi connectivity index (χ1v) is 6.24. The molecule has 5 heteroatoms. The zero-order valence-corrected chi connectivity index (χ0v) is 11.3. The van der Waals surface area contributed by atoms with Crippen molar-refractivity contribution < 1.29 is 14.6 Å². The summed E-state index contributed by atoms with van der Waals surface area (Å²) in [7, 11) is 1.54. The van der Waals surface area contributed by atoms with Crippen LogP contribution in [0.1, 0.15) is 25.0 Å². The lowest BCUT2D eigenvalue weighted by molar-refractivity contribution is 0.192. The van der Waals surface area contributed by atoms with E-state index >= 15 is 0 Å². The molecule has 0 radical (unpaired) electrons. The molecule has 1 unspecified atom stereocenters. The van der Waals surface area contributed by atoms with Gasteiger partial charge < -0.3 is 14.6 Å². The molecule has 1 N–H and O–H groups in total. The maximum Gasteiger partial charge on any atom is 0.161 e. The van der Waals surface area contributed by atoms with Crippen LogP contribution in [0.3, 0.4) is 0 Å². The zero-order valence-electron chi connectivity index (χ0n) is 9.82. The first-order chi connectivity index (χ1) is 8.10. The van der Waals surface area contributed by atoms with E-state index in [4.69, 9.17) is 32.7 Å². The Hall–Kier alpha value is -0.640. The molecule has 1 atom stereocenters. The Bertz CT molecular complexity index is 356. The predicted molar refractivity (Wildman–Crippen MR) is 69.2 cm³/mol. The van der Waals surface area contributed by atoms with Gasteiger partial charge in [-0.25, -0.2) is 0 Å². The van der Waals surface area contributed by atoms with Crippen molar-refractivity contribution >= 4 is 23.2 Å². The molecule has 0 saturated carbocycles. The van der Waals surface area contributed by atoms with Crippen LogP contribution in [-0.4, -0.2) is 23.7 Å². The second-order valence-corrected chi connectivity index (χ2v) is 4.70. The lowest BCUT2D eigenvalue weighted by Crippen LogP contribution is -2.06. The van der Waals surface area contributed by atoms with Crippen LogP contribution in [-0.2, 0) is 0 Å². The number of aliphatic hydroxyl groups is 1. The quantitative estimate of drug-likeness (QED) is 0.812. The van der Waals surface area contributed by atoms with Gasteiger partial charge in [-0.3, -0.25) is 0 Å². The van der Waals surface area contributed by atoms with Crippen LogP contribution < -0.4 is 9.47 Å². The summed E-state index contributed by atoms with van der Waals surface area (Å²) < 4.78 is 10.7. The standard InChI is InChI=1S/C12H16Cl2O3/c1-3-6-17-9-5-4-8(7-10(9)16-2)11(15)12(13)14/h4-5,7,11-12,15H,3,6H2,1-2H3. The summed E-state index contributed by atoms with van der Waals surface area (Å²) in [5.74, 6) is 1.20. The van der Waals surface area contributed by atoms with Crippen LogP contribution in [0.2, 0.25) is 0 Å². The highest BCUT2D eigenvalue weighted by atomic mass is 35.5. The van der Waals surface area contributed by atoms with E-state index in [0.29, 0.717) is 23.7 Å². The molecular weight excluding hydrogens is 263 g/mol. The smallest absolute Gasteiger partial charge is 0.161 e. The van der Waals surface area contributed by atoms with Gasteiger partial charge in [0.15, 0.2) is 11.5 Å². The van der Waals surface area contributed by atoms with Crippen LogP contribution >= 0.6 is 23.2 Å². The molecule has 0 aliphatic heterocycles. The summed E-state index contributed by atoms with van der Waals surface area (Å²) in [6.07, 6.45) is -0.0219. The summed E-state index contributed by atoms with van der Waals surface area (Å²) in [4.78, 5) is -0.873. The van der Waals surface area contributed by atoms with Crippen molar-refractivity contribution in [2.24, 2.45) is 0 Å². The van der Waals surface area contributed by atoms with Crippen LogP contribution in [0, 0.1) is 0 Å². The van der Waals surface area contributed by atoms with Crippen molar-refractivity contribution in [3.8, 4) is 11.5 Å². The summed E-state index contributed by atoms with van der Waals surface area (Å²) >= 11 is 11.3. The van der Waals surface area contributed by atoms with Gasteiger partial charge in [0.25, 0.3) is 0 Å². The molecule has 0 aromatic heterocycles. The van der Waals surface area contributed by atoms with E-state index < -0.39 is 10.9 Å². The number of hydrogen-bond acceptors (Lipinski definition) is 3. The Morgan fingerprint density at radius 3 is 2.53 bits per heavy atom. The third kappa shape index (κ3) is 3.95. The molecule has 0 aliphatic rings. The van der Waals surface area contributed by atoms with Crippen molar-refractivity contribution in [2.45, 2.75) is 24.3 Å². The number of benzene rings is 1. The van der Waals surface area contributed by atoms with E-state index in [1.165, 1.54) is 0 Å². The zero-order chi connectivity index (χ0) is 12.8. The lowest BCUT2D eigenvalue weighted by atomic mass is 10.1. The molecule has 1 rings (SSSR count). The maximum atomic E-state index is 9.72. The van der Waals surface area contributed by atoms with Gasteiger partial charge in [0, 0.05) is 0 Å². The van der Waals surface area contributed by atoms with Crippen LogP contribution in [0.4, 0.5) is 0 Å². The van der Waals surface area contributed by atoms with E-state index in [2.05, 4.69) is 0 Å². The van der Waals surface area contributed by atoms with Gasteiger partial charge in [-0.05, 0) is 24.1 Å². The first-order valence-electron chi connectivity index (χ1n) is 5.37.